The smallest absolute Gasteiger partial charge is 0.258 e. The normalized spacial score (nSPS) is 16.2. The van der Waals surface area contributed by atoms with Crippen LogP contribution in [0.2, 0.25) is 5.02 Å². The van der Waals surface area contributed by atoms with Gasteiger partial charge < -0.3 is 9.30 Å². The quantitative estimate of drug-likeness (QED) is 0.581. The van der Waals surface area contributed by atoms with E-state index in [-0.39, 0.29) is 11.6 Å². The Bertz CT molecular complexity index is 1040. The maximum Gasteiger partial charge on any atom is 0.258 e. The Kier molecular flexibility index (Phi) is 6.34. The summed E-state index contributed by atoms with van der Waals surface area (Å²) in [5, 5.41) is 2.48. The van der Waals surface area contributed by atoms with E-state index in [1.54, 1.807) is 0 Å². The Hall–Kier alpha value is -2.14. The Labute approximate surface area is 176 Å². The number of benzene rings is 2. The van der Waals surface area contributed by atoms with Gasteiger partial charge in [0.2, 0.25) is 0 Å². The second-order valence-corrected chi connectivity index (χ2v) is 8.01. The zero-order chi connectivity index (χ0) is 20.2. The molecular formula is C24H27ClN2O2. The zero-order valence-electron chi connectivity index (χ0n) is 16.8. The van der Waals surface area contributed by atoms with Crippen molar-refractivity contribution in [1.82, 2.24) is 9.47 Å². The largest absolute Gasteiger partial charge is 0.379 e. The first-order valence-corrected chi connectivity index (χ1v) is 10.8. The van der Waals surface area contributed by atoms with Gasteiger partial charge in [0.15, 0.2) is 0 Å². The summed E-state index contributed by atoms with van der Waals surface area (Å²) in [6, 6.07) is 18.0. The monoisotopic (exact) mass is 410 g/mol. The van der Waals surface area contributed by atoms with E-state index in [0.29, 0.717) is 18.2 Å². The molecule has 1 saturated heterocycles. The van der Waals surface area contributed by atoms with Gasteiger partial charge in [-0.3, -0.25) is 9.69 Å². The highest BCUT2D eigenvalue weighted by Crippen LogP contribution is 2.32. The maximum atomic E-state index is 13.4. The van der Waals surface area contributed by atoms with Crippen LogP contribution in [0.15, 0.2) is 59.4 Å². The molecule has 0 N–H and O–H groups in total. The number of rotatable bonds is 6. The van der Waals surface area contributed by atoms with Crippen LogP contribution in [0.5, 0.6) is 0 Å². The molecule has 2 heterocycles. The fourth-order valence-corrected chi connectivity index (χ4v) is 4.37. The number of nitrogens with zero attached hydrogens (tertiary/aromatic N) is 2. The molecule has 0 amide bonds. The summed E-state index contributed by atoms with van der Waals surface area (Å²) in [5.41, 5.74) is 2.23. The van der Waals surface area contributed by atoms with Gasteiger partial charge in [0.25, 0.3) is 5.56 Å². The lowest BCUT2D eigenvalue weighted by Gasteiger charge is -2.36. The lowest BCUT2D eigenvalue weighted by atomic mass is 9.98. The summed E-state index contributed by atoms with van der Waals surface area (Å²) in [7, 11) is 0. The van der Waals surface area contributed by atoms with Crippen molar-refractivity contribution in [2.24, 2.45) is 0 Å². The van der Waals surface area contributed by atoms with Crippen molar-refractivity contribution in [3.8, 4) is 0 Å². The predicted molar refractivity (Wildman–Crippen MR) is 119 cm³/mol. The van der Waals surface area contributed by atoms with Crippen LogP contribution in [0.25, 0.3) is 10.8 Å². The van der Waals surface area contributed by atoms with Gasteiger partial charge in [0.1, 0.15) is 0 Å². The van der Waals surface area contributed by atoms with Gasteiger partial charge in [-0.2, -0.15) is 0 Å². The third-order valence-corrected chi connectivity index (χ3v) is 5.88. The summed E-state index contributed by atoms with van der Waals surface area (Å²) in [5.74, 6) is 0. The molecule has 5 heteroatoms. The molecule has 1 fully saturated rings. The number of pyridine rings is 1. The highest BCUT2D eigenvalue weighted by Gasteiger charge is 2.27. The molecule has 4 rings (SSSR count). The summed E-state index contributed by atoms with van der Waals surface area (Å²) >= 11 is 6.35. The second kappa shape index (κ2) is 9.12. The van der Waals surface area contributed by atoms with Crippen molar-refractivity contribution in [2.45, 2.75) is 32.4 Å². The minimum Gasteiger partial charge on any atom is -0.379 e. The maximum absolute atomic E-state index is 13.4. The van der Waals surface area contributed by atoms with E-state index in [9.17, 15) is 4.79 Å². The number of unbranched alkanes of at least 4 members (excludes halogenated alkanes) is 1. The van der Waals surface area contributed by atoms with Crippen LogP contribution < -0.4 is 5.56 Å². The molecule has 2 aromatic carbocycles. The van der Waals surface area contributed by atoms with Crippen LogP contribution in [0.1, 0.15) is 37.1 Å². The highest BCUT2D eigenvalue weighted by molar-refractivity contribution is 6.30. The number of morpholine rings is 1. The van der Waals surface area contributed by atoms with E-state index in [2.05, 4.69) is 24.0 Å². The lowest BCUT2D eigenvalue weighted by molar-refractivity contribution is 0.0224. The molecule has 29 heavy (non-hydrogen) atoms. The number of hydrogen-bond donors (Lipinski definition) is 0. The average Bonchev–Trinajstić information content (AvgIpc) is 2.75. The molecule has 1 aliphatic rings. The molecule has 0 aliphatic carbocycles. The summed E-state index contributed by atoms with van der Waals surface area (Å²) in [6.07, 6.45) is 2.01. The molecule has 1 unspecified atom stereocenters. The minimum absolute atomic E-state index is 0.0354. The van der Waals surface area contributed by atoms with Gasteiger partial charge in [0, 0.05) is 35.7 Å². The van der Waals surface area contributed by atoms with E-state index >= 15 is 0 Å². The van der Waals surface area contributed by atoms with Crippen molar-refractivity contribution in [3.63, 3.8) is 0 Å². The Morgan fingerprint density at radius 1 is 1.07 bits per heavy atom. The number of fused-ring (bicyclic) bond motifs is 1. The molecule has 0 radical (unpaired) electrons. The minimum atomic E-state index is -0.0354. The molecule has 0 saturated carbocycles. The average molecular weight is 411 g/mol. The van der Waals surface area contributed by atoms with Crippen molar-refractivity contribution in [1.29, 1.82) is 0 Å². The van der Waals surface area contributed by atoms with Crippen LogP contribution in [-0.2, 0) is 11.3 Å². The van der Waals surface area contributed by atoms with Crippen LogP contribution in [0.4, 0.5) is 0 Å². The van der Waals surface area contributed by atoms with E-state index < -0.39 is 0 Å². The first kappa shape index (κ1) is 20.1. The number of ether oxygens (including phenoxy) is 1. The Balaban J connectivity index is 1.93. The molecule has 1 aromatic heterocycles. The van der Waals surface area contributed by atoms with Crippen LogP contribution in [-0.4, -0.2) is 35.8 Å². The summed E-state index contributed by atoms with van der Waals surface area (Å²) in [6.45, 7) is 5.92. The number of aromatic nitrogens is 1. The Morgan fingerprint density at radius 3 is 2.62 bits per heavy atom. The van der Waals surface area contributed by atoms with Gasteiger partial charge >= 0.3 is 0 Å². The fraction of sp³-hybridized carbons (Fsp3) is 0.375. The van der Waals surface area contributed by atoms with E-state index in [1.807, 2.05) is 47.0 Å². The molecule has 1 aliphatic heterocycles. The lowest BCUT2D eigenvalue weighted by Crippen LogP contribution is -2.41. The summed E-state index contributed by atoms with van der Waals surface area (Å²) < 4.78 is 7.58. The van der Waals surface area contributed by atoms with Crippen molar-refractivity contribution >= 4 is 22.4 Å². The van der Waals surface area contributed by atoms with E-state index in [1.165, 1.54) is 0 Å². The molecule has 3 aromatic rings. The van der Waals surface area contributed by atoms with Crippen molar-refractivity contribution in [3.05, 3.63) is 81.2 Å². The van der Waals surface area contributed by atoms with Crippen LogP contribution in [0, 0.1) is 0 Å². The van der Waals surface area contributed by atoms with E-state index in [4.69, 9.17) is 16.3 Å². The van der Waals surface area contributed by atoms with Crippen LogP contribution in [0.3, 0.4) is 0 Å². The molecule has 4 nitrogen and oxygen atoms in total. The zero-order valence-corrected chi connectivity index (χ0v) is 17.6. The molecule has 0 bridgehead atoms. The fourth-order valence-electron chi connectivity index (χ4n) is 4.17. The topological polar surface area (TPSA) is 34.5 Å². The SMILES string of the molecule is CCCCn1c(C(c2cccc(Cl)c2)N2CCOCC2)cc2ccccc2c1=O. The van der Waals surface area contributed by atoms with E-state index in [0.717, 1.165) is 54.5 Å². The van der Waals surface area contributed by atoms with Gasteiger partial charge in [0.05, 0.1) is 19.3 Å². The van der Waals surface area contributed by atoms with Gasteiger partial charge in [-0.1, -0.05) is 55.3 Å². The van der Waals surface area contributed by atoms with Gasteiger partial charge in [-0.05, 0) is 41.6 Å². The summed E-state index contributed by atoms with van der Waals surface area (Å²) in [4.78, 5) is 15.8. The highest BCUT2D eigenvalue weighted by atomic mass is 35.5. The first-order valence-electron chi connectivity index (χ1n) is 10.4. The second-order valence-electron chi connectivity index (χ2n) is 7.57. The standard InChI is InChI=1S/C24H27ClN2O2/c1-2-3-11-27-22(17-18-7-4-5-10-21(18)24(27)28)23(26-12-14-29-15-13-26)19-8-6-9-20(25)16-19/h4-10,16-17,23H,2-3,11-15H2,1H3. The molecule has 1 atom stereocenters. The molecule has 152 valence electrons. The molecular weight excluding hydrogens is 384 g/mol. The van der Waals surface area contributed by atoms with Crippen molar-refractivity contribution in [2.75, 3.05) is 26.3 Å². The van der Waals surface area contributed by atoms with Crippen molar-refractivity contribution < 1.29 is 4.74 Å². The third-order valence-electron chi connectivity index (χ3n) is 5.64. The Morgan fingerprint density at radius 2 is 1.86 bits per heavy atom. The van der Waals surface area contributed by atoms with Gasteiger partial charge in [-0.15, -0.1) is 0 Å². The number of hydrogen-bond acceptors (Lipinski definition) is 3. The first-order chi connectivity index (χ1) is 14.2. The predicted octanol–water partition coefficient (Wildman–Crippen LogP) is 4.88. The number of halogens is 1. The van der Waals surface area contributed by atoms with Gasteiger partial charge in [-0.25, -0.2) is 0 Å². The third kappa shape index (κ3) is 4.25. The van der Waals surface area contributed by atoms with Crippen LogP contribution >= 0.6 is 11.6 Å². The molecule has 0 spiro atoms.